The van der Waals surface area contributed by atoms with Crippen molar-refractivity contribution in [2.75, 3.05) is 0 Å². The van der Waals surface area contributed by atoms with E-state index in [1.807, 2.05) is 18.2 Å². The number of amides is 1. The molecule has 15 heavy (non-hydrogen) atoms. The first-order valence-electron chi connectivity index (χ1n) is 4.38. The van der Waals surface area contributed by atoms with Crippen molar-refractivity contribution in [1.29, 1.82) is 0 Å². The smallest absolute Gasteiger partial charge is 0.265 e. The molecule has 0 saturated carbocycles. The number of fused-ring (bicyclic) bond motifs is 3. The highest BCUT2D eigenvalue weighted by atomic mass is 16.1. The number of rotatable bonds is 1. The highest BCUT2D eigenvalue weighted by Gasteiger charge is 2.11. The Bertz CT molecular complexity index is 665. The van der Waals surface area contributed by atoms with Crippen molar-refractivity contribution in [3.8, 4) is 0 Å². The topological polar surface area (TPSA) is 89.1 Å². The molecule has 0 aliphatic heterocycles. The second-order valence-electron chi connectivity index (χ2n) is 3.21. The number of nitrogens with one attached hydrogen (secondary N) is 1. The van der Waals surface area contributed by atoms with Crippen LogP contribution in [0.5, 0.6) is 0 Å². The molecule has 3 heterocycles. The summed E-state index contributed by atoms with van der Waals surface area (Å²) in [6.07, 6.45) is 0. The summed E-state index contributed by atoms with van der Waals surface area (Å²) in [6, 6.07) is 7.18. The summed E-state index contributed by atoms with van der Waals surface area (Å²) < 4.78 is 1.68. The number of hydrogen-bond donors (Lipinski definition) is 2. The maximum atomic E-state index is 11.2. The molecule has 0 bridgehead atoms. The van der Waals surface area contributed by atoms with Crippen LogP contribution in [0.25, 0.3) is 16.7 Å². The lowest BCUT2D eigenvalue weighted by molar-refractivity contribution is 0.0995. The van der Waals surface area contributed by atoms with Crippen LogP contribution in [-0.4, -0.2) is 25.7 Å². The van der Waals surface area contributed by atoms with E-state index in [4.69, 9.17) is 5.73 Å². The number of aromatic amines is 1. The van der Waals surface area contributed by atoms with Crippen LogP contribution in [0.2, 0.25) is 0 Å². The molecule has 0 fully saturated rings. The van der Waals surface area contributed by atoms with Gasteiger partial charge in [0.05, 0.1) is 0 Å². The maximum absolute atomic E-state index is 11.2. The molecule has 6 nitrogen and oxygen atoms in total. The summed E-state index contributed by atoms with van der Waals surface area (Å²) in [5, 5.41) is 10.4. The molecule has 0 aliphatic carbocycles. The molecule has 0 atom stereocenters. The van der Waals surface area contributed by atoms with E-state index in [2.05, 4.69) is 15.4 Å². The Hall–Kier alpha value is -2.37. The molecule has 0 spiro atoms. The summed E-state index contributed by atoms with van der Waals surface area (Å²) in [4.78, 5) is 11.2. The first-order chi connectivity index (χ1) is 7.27. The molecule has 0 unspecified atom stereocenters. The second kappa shape index (κ2) is 2.57. The zero-order chi connectivity index (χ0) is 10.4. The van der Waals surface area contributed by atoms with Gasteiger partial charge in [-0.3, -0.25) is 9.20 Å². The van der Waals surface area contributed by atoms with Crippen LogP contribution in [0, 0.1) is 0 Å². The van der Waals surface area contributed by atoms with Crippen LogP contribution in [0.3, 0.4) is 0 Å². The van der Waals surface area contributed by atoms with E-state index in [1.54, 1.807) is 10.5 Å². The van der Waals surface area contributed by atoms with Crippen molar-refractivity contribution >= 4 is 22.6 Å². The summed E-state index contributed by atoms with van der Waals surface area (Å²) in [7, 11) is 0. The Balaban J connectivity index is 2.57. The highest BCUT2D eigenvalue weighted by Crippen LogP contribution is 2.16. The number of carbonyl (C=O) groups is 1. The number of nitrogens with two attached hydrogens (primary N) is 1. The molecular weight excluding hydrogens is 194 g/mol. The summed E-state index contributed by atoms with van der Waals surface area (Å²) in [5.74, 6) is -0.481. The number of aromatic nitrogens is 4. The minimum Gasteiger partial charge on any atom is -0.364 e. The van der Waals surface area contributed by atoms with Gasteiger partial charge in [-0.2, -0.15) is 10.3 Å². The molecule has 0 saturated heterocycles. The summed E-state index contributed by atoms with van der Waals surface area (Å²) in [6.45, 7) is 0. The molecule has 74 valence electrons. The first kappa shape index (κ1) is 7.98. The van der Waals surface area contributed by atoms with Gasteiger partial charge in [0.1, 0.15) is 11.2 Å². The molecule has 1 amide bonds. The molecule has 3 rings (SSSR count). The molecule has 0 radical (unpaired) electrons. The van der Waals surface area contributed by atoms with Crippen LogP contribution in [0.1, 0.15) is 10.5 Å². The summed E-state index contributed by atoms with van der Waals surface area (Å²) in [5.41, 5.74) is 7.84. The predicted octanol–water partition coefficient (Wildman–Crippen LogP) is 0.309. The SMILES string of the molecule is NC(=O)c1ccc2ccc3n[nH]nc3n12. The van der Waals surface area contributed by atoms with Crippen LogP contribution in [-0.2, 0) is 0 Å². The Kier molecular flexibility index (Phi) is 1.37. The van der Waals surface area contributed by atoms with Gasteiger partial charge in [0.15, 0.2) is 5.65 Å². The molecule has 0 aliphatic rings. The summed E-state index contributed by atoms with van der Waals surface area (Å²) >= 11 is 0. The van der Waals surface area contributed by atoms with Gasteiger partial charge in [0.25, 0.3) is 5.91 Å². The lowest BCUT2D eigenvalue weighted by Crippen LogP contribution is -2.13. The molecule has 3 N–H and O–H groups in total. The third kappa shape index (κ3) is 0.954. The van der Waals surface area contributed by atoms with E-state index in [0.29, 0.717) is 16.9 Å². The maximum Gasteiger partial charge on any atom is 0.265 e. The number of H-pyrrole nitrogens is 1. The lowest BCUT2D eigenvalue weighted by atomic mass is 10.4. The van der Waals surface area contributed by atoms with Crippen LogP contribution in [0.15, 0.2) is 24.3 Å². The van der Waals surface area contributed by atoms with Gasteiger partial charge < -0.3 is 5.73 Å². The van der Waals surface area contributed by atoms with Gasteiger partial charge in [-0.25, -0.2) is 0 Å². The second-order valence-corrected chi connectivity index (χ2v) is 3.21. The zero-order valence-corrected chi connectivity index (χ0v) is 7.64. The predicted molar refractivity (Wildman–Crippen MR) is 53.4 cm³/mol. The van der Waals surface area contributed by atoms with E-state index < -0.39 is 5.91 Å². The average Bonchev–Trinajstić information content (AvgIpc) is 2.82. The van der Waals surface area contributed by atoms with Crippen molar-refractivity contribution in [3.63, 3.8) is 0 Å². The molecule has 3 aromatic heterocycles. The van der Waals surface area contributed by atoms with Gasteiger partial charge in [0.2, 0.25) is 0 Å². The Morgan fingerprint density at radius 2 is 2.07 bits per heavy atom. The van der Waals surface area contributed by atoms with Crippen molar-refractivity contribution in [3.05, 3.63) is 30.0 Å². The first-order valence-corrected chi connectivity index (χ1v) is 4.38. The third-order valence-corrected chi connectivity index (χ3v) is 2.34. The minimum atomic E-state index is -0.481. The fourth-order valence-corrected chi connectivity index (χ4v) is 1.69. The fourth-order valence-electron chi connectivity index (χ4n) is 1.69. The normalized spacial score (nSPS) is 11.2. The van der Waals surface area contributed by atoms with Crippen LogP contribution >= 0.6 is 0 Å². The molecule has 6 heteroatoms. The van der Waals surface area contributed by atoms with Gasteiger partial charge in [-0.1, -0.05) is 0 Å². The highest BCUT2D eigenvalue weighted by molar-refractivity contribution is 5.94. The van der Waals surface area contributed by atoms with Crippen LogP contribution in [0.4, 0.5) is 0 Å². The zero-order valence-electron chi connectivity index (χ0n) is 7.64. The van der Waals surface area contributed by atoms with Gasteiger partial charge >= 0.3 is 0 Å². The van der Waals surface area contributed by atoms with Crippen molar-refractivity contribution < 1.29 is 4.79 Å². The number of carbonyl (C=O) groups excluding carboxylic acids is 1. The Labute approximate surface area is 83.7 Å². The van der Waals surface area contributed by atoms with E-state index in [0.717, 1.165) is 5.52 Å². The monoisotopic (exact) mass is 201 g/mol. The Morgan fingerprint density at radius 1 is 1.27 bits per heavy atom. The lowest BCUT2D eigenvalue weighted by Gasteiger charge is -1.98. The molecule has 0 aromatic carbocycles. The van der Waals surface area contributed by atoms with E-state index >= 15 is 0 Å². The van der Waals surface area contributed by atoms with Gasteiger partial charge in [-0.05, 0) is 24.3 Å². The van der Waals surface area contributed by atoms with Crippen LogP contribution < -0.4 is 5.73 Å². The third-order valence-electron chi connectivity index (χ3n) is 2.34. The number of pyridine rings is 1. The van der Waals surface area contributed by atoms with Crippen molar-refractivity contribution in [1.82, 2.24) is 19.8 Å². The van der Waals surface area contributed by atoms with Crippen molar-refractivity contribution in [2.24, 2.45) is 5.73 Å². The standard InChI is InChI=1S/C9H7N5O/c10-8(15)7-4-2-5-1-3-6-9(14(5)7)12-13-11-6/h1-4H,(H2,10,15)(H,11,12,13). The fraction of sp³-hybridized carbons (Fsp3) is 0. The number of nitrogens with zero attached hydrogens (tertiary/aromatic N) is 3. The number of primary amides is 1. The average molecular weight is 201 g/mol. The molecule has 3 aromatic rings. The van der Waals surface area contributed by atoms with E-state index in [9.17, 15) is 4.79 Å². The van der Waals surface area contributed by atoms with E-state index in [-0.39, 0.29) is 0 Å². The van der Waals surface area contributed by atoms with Gasteiger partial charge in [0, 0.05) is 5.52 Å². The van der Waals surface area contributed by atoms with E-state index in [1.165, 1.54) is 0 Å². The van der Waals surface area contributed by atoms with Gasteiger partial charge in [-0.15, -0.1) is 5.10 Å². The largest absolute Gasteiger partial charge is 0.364 e. The number of hydrogen-bond acceptors (Lipinski definition) is 3. The van der Waals surface area contributed by atoms with Crippen molar-refractivity contribution in [2.45, 2.75) is 0 Å². The Morgan fingerprint density at radius 3 is 2.87 bits per heavy atom. The minimum absolute atomic E-state index is 0.407. The molecular formula is C9H7N5O. The quantitative estimate of drug-likeness (QED) is 0.593.